The highest BCUT2D eigenvalue weighted by Crippen LogP contribution is 2.17. The van der Waals surface area contributed by atoms with Gasteiger partial charge in [-0.2, -0.15) is 11.3 Å². The molecule has 0 unspecified atom stereocenters. The van der Waals surface area contributed by atoms with Crippen LogP contribution in [0, 0.1) is 13.8 Å². The molecule has 0 atom stereocenters. The summed E-state index contributed by atoms with van der Waals surface area (Å²) in [5.74, 6) is -0.373. The lowest BCUT2D eigenvalue weighted by molar-refractivity contribution is -0.117. The number of rotatable bonds is 4. The largest absolute Gasteiger partial charge is 0.343 e. The summed E-state index contributed by atoms with van der Waals surface area (Å²) in [5, 5.41) is 6.23. The van der Waals surface area contributed by atoms with Crippen molar-refractivity contribution < 1.29 is 9.59 Å². The average Bonchev–Trinajstić information content (AvgIpc) is 2.96. The van der Waals surface area contributed by atoms with Gasteiger partial charge in [0.25, 0.3) is 5.91 Å². The van der Waals surface area contributed by atoms with Gasteiger partial charge in [-0.3, -0.25) is 9.59 Å². The highest BCUT2D eigenvalue weighted by Gasteiger charge is 2.13. The molecule has 1 aromatic heterocycles. The summed E-state index contributed by atoms with van der Waals surface area (Å²) in [4.78, 5) is 25.5. The fourth-order valence-electron chi connectivity index (χ4n) is 2.06. The molecule has 2 amide bonds. The van der Waals surface area contributed by atoms with Gasteiger partial charge in [-0.1, -0.05) is 6.07 Å². The molecule has 2 rings (SSSR count). The number of nitrogens with zero attached hydrogens (tertiary/aromatic N) is 1. The zero-order valence-electron chi connectivity index (χ0n) is 12.3. The summed E-state index contributed by atoms with van der Waals surface area (Å²) in [5.41, 5.74) is 3.63. The first-order valence-electron chi connectivity index (χ1n) is 6.62. The van der Waals surface area contributed by atoms with E-state index >= 15 is 0 Å². The Morgan fingerprint density at radius 1 is 1.19 bits per heavy atom. The number of amides is 2. The van der Waals surface area contributed by atoms with Crippen molar-refractivity contribution in [1.29, 1.82) is 0 Å². The molecule has 0 aliphatic rings. The van der Waals surface area contributed by atoms with Crippen LogP contribution in [0.3, 0.4) is 0 Å². The van der Waals surface area contributed by atoms with Gasteiger partial charge in [0.2, 0.25) is 5.91 Å². The Morgan fingerprint density at radius 2 is 1.86 bits per heavy atom. The smallest absolute Gasteiger partial charge is 0.252 e. The van der Waals surface area contributed by atoms with E-state index in [0.717, 1.165) is 16.8 Å². The Hall–Kier alpha value is -2.14. The number of benzene rings is 1. The molecule has 1 aromatic carbocycles. The lowest BCUT2D eigenvalue weighted by Crippen LogP contribution is -2.38. The van der Waals surface area contributed by atoms with Crippen molar-refractivity contribution in [3.63, 3.8) is 0 Å². The van der Waals surface area contributed by atoms with Gasteiger partial charge >= 0.3 is 0 Å². The number of carbonyl (C=O) groups excluding carboxylic acids is 2. The molecule has 0 spiro atoms. The maximum atomic E-state index is 12.2. The van der Waals surface area contributed by atoms with Crippen LogP contribution >= 0.6 is 11.3 Å². The van der Waals surface area contributed by atoms with Gasteiger partial charge in [-0.15, -0.1) is 0 Å². The third kappa shape index (κ3) is 3.92. The molecular weight excluding hydrogens is 284 g/mol. The SMILES string of the molecule is Cc1cc(C)cc(N(C)C(=O)CNC(=O)c2ccsc2)c1. The van der Waals surface area contributed by atoms with Gasteiger partial charge in [-0.25, -0.2) is 0 Å². The quantitative estimate of drug-likeness (QED) is 0.944. The van der Waals surface area contributed by atoms with Crippen molar-refractivity contribution in [2.24, 2.45) is 0 Å². The van der Waals surface area contributed by atoms with Crippen molar-refractivity contribution in [3.05, 3.63) is 51.7 Å². The zero-order chi connectivity index (χ0) is 15.4. The first-order chi connectivity index (χ1) is 9.97. The Labute approximate surface area is 128 Å². The van der Waals surface area contributed by atoms with E-state index in [-0.39, 0.29) is 18.4 Å². The number of aryl methyl sites for hydroxylation is 2. The molecular formula is C16H18N2O2S. The van der Waals surface area contributed by atoms with Crippen molar-refractivity contribution in [1.82, 2.24) is 5.32 Å². The molecule has 4 nitrogen and oxygen atoms in total. The highest BCUT2D eigenvalue weighted by atomic mass is 32.1. The Bertz CT molecular complexity index is 630. The molecule has 0 aliphatic carbocycles. The predicted octanol–water partition coefficient (Wildman–Crippen LogP) is 2.76. The summed E-state index contributed by atoms with van der Waals surface area (Å²) < 4.78 is 0. The van der Waals surface area contributed by atoms with Crippen LogP contribution in [0.4, 0.5) is 5.69 Å². The van der Waals surface area contributed by atoms with Crippen LogP contribution in [-0.4, -0.2) is 25.4 Å². The molecule has 21 heavy (non-hydrogen) atoms. The van der Waals surface area contributed by atoms with E-state index in [2.05, 4.69) is 11.4 Å². The molecule has 0 bridgehead atoms. The van der Waals surface area contributed by atoms with Gasteiger partial charge in [-0.05, 0) is 48.6 Å². The van der Waals surface area contributed by atoms with Crippen molar-refractivity contribution in [3.8, 4) is 0 Å². The Morgan fingerprint density at radius 3 is 2.43 bits per heavy atom. The van der Waals surface area contributed by atoms with Gasteiger partial charge in [0.05, 0.1) is 6.54 Å². The third-order valence-corrected chi connectivity index (χ3v) is 3.83. The van der Waals surface area contributed by atoms with E-state index in [9.17, 15) is 9.59 Å². The van der Waals surface area contributed by atoms with Gasteiger partial charge < -0.3 is 10.2 Å². The number of anilines is 1. The lowest BCUT2D eigenvalue weighted by atomic mass is 10.1. The minimum atomic E-state index is -0.224. The molecule has 0 fully saturated rings. The normalized spacial score (nSPS) is 10.2. The number of thiophene rings is 1. The second-order valence-corrected chi connectivity index (χ2v) is 5.77. The fraction of sp³-hybridized carbons (Fsp3) is 0.250. The number of hydrogen-bond donors (Lipinski definition) is 1. The lowest BCUT2D eigenvalue weighted by Gasteiger charge is -2.18. The molecule has 5 heteroatoms. The minimum Gasteiger partial charge on any atom is -0.343 e. The van der Waals surface area contributed by atoms with E-state index in [4.69, 9.17) is 0 Å². The van der Waals surface area contributed by atoms with Gasteiger partial charge in [0.1, 0.15) is 0 Å². The summed E-state index contributed by atoms with van der Waals surface area (Å²) in [6.07, 6.45) is 0. The summed E-state index contributed by atoms with van der Waals surface area (Å²) in [6.45, 7) is 3.97. The Balaban J connectivity index is 1.98. The van der Waals surface area contributed by atoms with E-state index < -0.39 is 0 Å². The molecule has 0 saturated carbocycles. The standard InChI is InChI=1S/C16H18N2O2S/c1-11-6-12(2)8-14(7-11)18(3)15(19)9-17-16(20)13-4-5-21-10-13/h4-8,10H,9H2,1-3H3,(H,17,20). The van der Waals surface area contributed by atoms with E-state index in [0.29, 0.717) is 5.56 Å². The zero-order valence-corrected chi connectivity index (χ0v) is 13.2. The van der Waals surface area contributed by atoms with Crippen molar-refractivity contribution >= 4 is 28.8 Å². The van der Waals surface area contributed by atoms with E-state index in [1.54, 1.807) is 23.4 Å². The summed E-state index contributed by atoms with van der Waals surface area (Å²) in [6, 6.07) is 7.69. The van der Waals surface area contributed by atoms with Crippen molar-refractivity contribution in [2.75, 3.05) is 18.5 Å². The predicted molar refractivity (Wildman–Crippen MR) is 86.0 cm³/mol. The van der Waals surface area contributed by atoms with Crippen molar-refractivity contribution in [2.45, 2.75) is 13.8 Å². The maximum Gasteiger partial charge on any atom is 0.252 e. The number of nitrogens with one attached hydrogen (secondary N) is 1. The van der Waals surface area contributed by atoms with Crippen LogP contribution in [0.1, 0.15) is 21.5 Å². The van der Waals surface area contributed by atoms with Crippen LogP contribution in [0.15, 0.2) is 35.0 Å². The molecule has 2 aromatic rings. The summed E-state index contributed by atoms with van der Waals surface area (Å²) in [7, 11) is 1.72. The third-order valence-electron chi connectivity index (χ3n) is 3.15. The second kappa shape index (κ2) is 6.54. The number of likely N-dealkylation sites (N-methyl/N-ethyl adjacent to an activating group) is 1. The minimum absolute atomic E-state index is 0.0157. The van der Waals surface area contributed by atoms with E-state index in [1.165, 1.54) is 11.3 Å². The first kappa shape index (κ1) is 15.3. The second-order valence-electron chi connectivity index (χ2n) is 4.99. The molecule has 1 heterocycles. The number of carbonyl (C=O) groups is 2. The van der Waals surface area contributed by atoms with Crippen LogP contribution in [-0.2, 0) is 4.79 Å². The van der Waals surface area contributed by atoms with Crippen LogP contribution < -0.4 is 10.2 Å². The summed E-state index contributed by atoms with van der Waals surface area (Å²) >= 11 is 1.45. The number of hydrogen-bond acceptors (Lipinski definition) is 3. The van der Waals surface area contributed by atoms with Gasteiger partial charge in [0.15, 0.2) is 0 Å². The van der Waals surface area contributed by atoms with E-state index in [1.807, 2.05) is 31.4 Å². The molecule has 0 saturated heterocycles. The Kier molecular flexibility index (Phi) is 4.75. The van der Waals surface area contributed by atoms with Crippen LogP contribution in [0.25, 0.3) is 0 Å². The molecule has 1 N–H and O–H groups in total. The molecule has 0 radical (unpaired) electrons. The first-order valence-corrected chi connectivity index (χ1v) is 7.57. The molecule has 110 valence electrons. The average molecular weight is 302 g/mol. The molecule has 0 aliphatic heterocycles. The monoisotopic (exact) mass is 302 g/mol. The van der Waals surface area contributed by atoms with Gasteiger partial charge in [0, 0.05) is 23.7 Å². The van der Waals surface area contributed by atoms with Crippen LogP contribution in [0.2, 0.25) is 0 Å². The van der Waals surface area contributed by atoms with Crippen LogP contribution in [0.5, 0.6) is 0 Å². The topological polar surface area (TPSA) is 49.4 Å². The highest BCUT2D eigenvalue weighted by molar-refractivity contribution is 7.08. The maximum absolute atomic E-state index is 12.2. The fourth-order valence-corrected chi connectivity index (χ4v) is 2.69.